The molecule has 2 aromatic carbocycles. The minimum Gasteiger partial charge on any atom is -0.240 e. The fourth-order valence-corrected chi connectivity index (χ4v) is 5.47. The molecule has 4 aromatic rings. The number of nitrogens with zero attached hydrogens (tertiary/aromatic N) is 4. The maximum Gasteiger partial charge on any atom is 0.247 e. The predicted octanol–water partition coefficient (Wildman–Crippen LogP) is 5.02. The molecular formula is C24H22N4O2S2. The fraction of sp³-hybridized carbons (Fsp3) is 0.167. The van der Waals surface area contributed by atoms with Crippen molar-refractivity contribution in [2.45, 2.75) is 19.4 Å². The van der Waals surface area contributed by atoms with Crippen LogP contribution in [-0.2, 0) is 10.0 Å². The van der Waals surface area contributed by atoms with Crippen molar-refractivity contribution < 1.29 is 8.42 Å². The van der Waals surface area contributed by atoms with Crippen molar-refractivity contribution in [1.29, 1.82) is 0 Å². The molecule has 3 heterocycles. The highest BCUT2D eigenvalue weighted by Crippen LogP contribution is 2.39. The Morgan fingerprint density at radius 2 is 1.75 bits per heavy atom. The number of aromatic nitrogens is 2. The molecule has 0 bridgehead atoms. The molecule has 0 saturated carbocycles. The molecule has 6 nitrogen and oxygen atoms in total. The number of hydrogen-bond acceptors (Lipinski definition) is 5. The smallest absolute Gasteiger partial charge is 0.240 e. The molecule has 32 heavy (non-hydrogen) atoms. The summed E-state index contributed by atoms with van der Waals surface area (Å²) in [6.45, 7) is 2.04. The molecule has 1 unspecified atom stereocenters. The number of para-hydroxylation sites is 1. The van der Waals surface area contributed by atoms with Crippen LogP contribution in [0, 0.1) is 6.92 Å². The summed E-state index contributed by atoms with van der Waals surface area (Å²) in [6.07, 6.45) is 3.62. The normalized spacial score (nSPS) is 16.4. The van der Waals surface area contributed by atoms with E-state index in [1.807, 2.05) is 89.2 Å². The second kappa shape index (κ2) is 8.03. The van der Waals surface area contributed by atoms with Crippen molar-refractivity contribution in [3.63, 3.8) is 0 Å². The van der Waals surface area contributed by atoms with Crippen molar-refractivity contribution in [3.8, 4) is 16.9 Å². The quantitative estimate of drug-likeness (QED) is 0.418. The maximum atomic E-state index is 12.7. The fourth-order valence-electron chi connectivity index (χ4n) is 3.91. The average molecular weight is 463 g/mol. The molecule has 0 radical (unpaired) electrons. The molecule has 0 saturated heterocycles. The molecule has 0 spiro atoms. The number of aryl methyl sites for hydroxylation is 1. The second-order valence-corrected chi connectivity index (χ2v) is 10.5. The van der Waals surface area contributed by atoms with Gasteiger partial charge >= 0.3 is 0 Å². The predicted molar refractivity (Wildman–Crippen MR) is 129 cm³/mol. The van der Waals surface area contributed by atoms with E-state index in [2.05, 4.69) is 5.10 Å². The highest BCUT2D eigenvalue weighted by Gasteiger charge is 2.37. The minimum absolute atomic E-state index is 0.464. The third-order valence-corrected chi connectivity index (χ3v) is 7.21. The van der Waals surface area contributed by atoms with E-state index in [9.17, 15) is 8.42 Å². The van der Waals surface area contributed by atoms with Crippen LogP contribution in [0.4, 0.5) is 0 Å². The number of hydrazone groups is 1. The Morgan fingerprint density at radius 1 is 1.00 bits per heavy atom. The summed E-state index contributed by atoms with van der Waals surface area (Å²) in [6, 6.07) is 19.5. The first-order valence-electron chi connectivity index (χ1n) is 10.2. The van der Waals surface area contributed by atoms with E-state index in [-0.39, 0.29) is 0 Å². The number of hydrogen-bond donors (Lipinski definition) is 0. The van der Waals surface area contributed by atoms with Crippen LogP contribution in [0.3, 0.4) is 0 Å². The van der Waals surface area contributed by atoms with Crippen LogP contribution < -0.4 is 0 Å². The average Bonchev–Trinajstić information content (AvgIpc) is 3.52. The zero-order valence-electron chi connectivity index (χ0n) is 17.7. The summed E-state index contributed by atoms with van der Waals surface area (Å²) in [5, 5.41) is 13.4. The summed E-state index contributed by atoms with van der Waals surface area (Å²) < 4.78 is 28.4. The van der Waals surface area contributed by atoms with Crippen molar-refractivity contribution in [2.75, 3.05) is 6.26 Å². The van der Waals surface area contributed by atoms with E-state index < -0.39 is 16.1 Å². The maximum absolute atomic E-state index is 12.7. The van der Waals surface area contributed by atoms with Crippen molar-refractivity contribution in [2.24, 2.45) is 5.10 Å². The van der Waals surface area contributed by atoms with Gasteiger partial charge in [-0.3, -0.25) is 0 Å². The van der Waals surface area contributed by atoms with E-state index in [0.29, 0.717) is 6.42 Å². The van der Waals surface area contributed by atoms with Gasteiger partial charge in [0.25, 0.3) is 0 Å². The Kier molecular flexibility index (Phi) is 5.19. The van der Waals surface area contributed by atoms with Gasteiger partial charge in [0.05, 0.1) is 29.4 Å². The summed E-state index contributed by atoms with van der Waals surface area (Å²) in [7, 11) is -3.57. The number of benzene rings is 2. The zero-order chi connectivity index (χ0) is 22.3. The molecule has 1 atom stereocenters. The molecule has 162 valence electrons. The van der Waals surface area contributed by atoms with Crippen LogP contribution in [0.1, 0.15) is 29.2 Å². The highest BCUT2D eigenvalue weighted by atomic mass is 32.2. The molecule has 5 rings (SSSR count). The Hall–Kier alpha value is -3.23. The van der Waals surface area contributed by atoms with Crippen LogP contribution in [0.2, 0.25) is 0 Å². The van der Waals surface area contributed by atoms with E-state index >= 15 is 0 Å². The van der Waals surface area contributed by atoms with Gasteiger partial charge in [0, 0.05) is 29.3 Å². The van der Waals surface area contributed by atoms with Crippen LogP contribution in [0.5, 0.6) is 0 Å². The molecule has 0 aliphatic carbocycles. The van der Waals surface area contributed by atoms with E-state index in [1.165, 1.54) is 10.7 Å². The van der Waals surface area contributed by atoms with Gasteiger partial charge in [-0.2, -0.15) is 26.0 Å². The van der Waals surface area contributed by atoms with E-state index in [4.69, 9.17) is 5.10 Å². The monoisotopic (exact) mass is 462 g/mol. The molecule has 0 fully saturated rings. The first-order chi connectivity index (χ1) is 15.4. The van der Waals surface area contributed by atoms with Gasteiger partial charge in [0.2, 0.25) is 10.0 Å². The Balaban J connectivity index is 1.66. The van der Waals surface area contributed by atoms with Gasteiger partial charge in [-0.05, 0) is 35.9 Å². The first kappa shape index (κ1) is 20.7. The van der Waals surface area contributed by atoms with Gasteiger partial charge in [-0.25, -0.2) is 13.1 Å². The topological polar surface area (TPSA) is 67.6 Å². The van der Waals surface area contributed by atoms with Crippen molar-refractivity contribution in [3.05, 3.63) is 94.3 Å². The van der Waals surface area contributed by atoms with Gasteiger partial charge in [0.1, 0.15) is 0 Å². The summed E-state index contributed by atoms with van der Waals surface area (Å²) in [5.41, 5.74) is 6.32. The van der Waals surface area contributed by atoms with Gasteiger partial charge < -0.3 is 0 Å². The molecule has 1 aliphatic heterocycles. The number of rotatable bonds is 5. The summed E-state index contributed by atoms with van der Waals surface area (Å²) >= 11 is 1.57. The SMILES string of the molecule is Cc1ccc(-c2nn(-c3ccccc3)cc2C2CC(c3ccsc3)=NN2S(C)(=O)=O)cc1. The lowest BCUT2D eigenvalue weighted by molar-refractivity contribution is 0.375. The first-order valence-corrected chi connectivity index (χ1v) is 13.0. The Labute approximate surface area is 191 Å². The van der Waals surface area contributed by atoms with Crippen LogP contribution in [-0.4, -0.2) is 34.6 Å². The number of thiophene rings is 1. The van der Waals surface area contributed by atoms with Gasteiger partial charge in [-0.15, -0.1) is 0 Å². The van der Waals surface area contributed by atoms with Crippen LogP contribution in [0.15, 0.2) is 82.7 Å². The molecule has 0 N–H and O–H groups in total. The van der Waals surface area contributed by atoms with Gasteiger partial charge in [-0.1, -0.05) is 48.0 Å². The zero-order valence-corrected chi connectivity index (χ0v) is 19.3. The third kappa shape index (κ3) is 3.87. The highest BCUT2D eigenvalue weighted by molar-refractivity contribution is 7.88. The van der Waals surface area contributed by atoms with E-state index in [0.717, 1.165) is 39.3 Å². The summed E-state index contributed by atoms with van der Waals surface area (Å²) in [4.78, 5) is 0. The summed E-state index contributed by atoms with van der Waals surface area (Å²) in [5.74, 6) is 0. The largest absolute Gasteiger partial charge is 0.247 e. The van der Waals surface area contributed by atoms with Crippen molar-refractivity contribution >= 4 is 27.1 Å². The Morgan fingerprint density at radius 3 is 2.41 bits per heavy atom. The molecule has 1 aliphatic rings. The molecular weight excluding hydrogens is 440 g/mol. The molecule has 2 aromatic heterocycles. The van der Waals surface area contributed by atoms with Crippen LogP contribution in [0.25, 0.3) is 16.9 Å². The minimum atomic E-state index is -3.57. The van der Waals surface area contributed by atoms with Crippen molar-refractivity contribution in [1.82, 2.24) is 14.2 Å². The Bertz CT molecular complexity index is 1370. The van der Waals surface area contributed by atoms with Gasteiger partial charge in [0.15, 0.2) is 0 Å². The lowest BCUT2D eigenvalue weighted by atomic mass is 9.97. The molecule has 8 heteroatoms. The second-order valence-electron chi connectivity index (χ2n) is 7.89. The lowest BCUT2D eigenvalue weighted by Crippen LogP contribution is -2.26. The third-order valence-electron chi connectivity index (χ3n) is 5.51. The molecule has 0 amide bonds. The lowest BCUT2D eigenvalue weighted by Gasteiger charge is -2.21. The standard InChI is InChI=1S/C24H22N4O2S2/c1-17-8-10-18(11-9-17)24-21(15-27(26-24)20-6-4-3-5-7-20)23-14-22(19-12-13-31-16-19)25-28(23)32(2,29)30/h3-13,15-16,23H,14H2,1-2H3. The van der Waals surface area contributed by atoms with Crippen LogP contribution >= 0.6 is 11.3 Å². The number of sulfonamides is 1. The van der Waals surface area contributed by atoms with E-state index in [1.54, 1.807) is 11.3 Å².